The van der Waals surface area contributed by atoms with Gasteiger partial charge in [-0.25, -0.2) is 0 Å². The van der Waals surface area contributed by atoms with Crippen LogP contribution < -0.4 is 10.5 Å². The third-order valence-electron chi connectivity index (χ3n) is 2.77. The summed E-state index contributed by atoms with van der Waals surface area (Å²) in [6, 6.07) is 8.12. The van der Waals surface area contributed by atoms with Crippen LogP contribution in [0.3, 0.4) is 0 Å². The first-order chi connectivity index (χ1) is 8.13. The molecule has 0 aliphatic rings. The first-order valence-corrected chi connectivity index (χ1v) is 6.36. The summed E-state index contributed by atoms with van der Waals surface area (Å²) >= 11 is 0. The van der Waals surface area contributed by atoms with Gasteiger partial charge in [-0.1, -0.05) is 6.92 Å². The smallest absolute Gasteiger partial charge is 0.119 e. The lowest BCUT2D eigenvalue weighted by Gasteiger charge is -2.25. The van der Waals surface area contributed by atoms with Crippen LogP contribution in [0.25, 0.3) is 0 Å². The Balaban J connectivity index is 2.33. The van der Waals surface area contributed by atoms with E-state index in [0.717, 1.165) is 31.1 Å². The summed E-state index contributed by atoms with van der Waals surface area (Å²) in [4.78, 5) is 2.43. The fraction of sp³-hybridized carbons (Fsp3) is 0.571. The standard InChI is InChI=1S/C14H24N2O/c1-4-9-16(12(2)3)10-11-17-14-7-5-13(15)6-8-14/h5-8,12H,4,9-11,15H2,1-3H3. The average molecular weight is 236 g/mol. The van der Waals surface area contributed by atoms with E-state index in [0.29, 0.717) is 6.04 Å². The van der Waals surface area contributed by atoms with Crippen molar-refractivity contribution in [3.8, 4) is 5.75 Å². The minimum atomic E-state index is 0.574. The van der Waals surface area contributed by atoms with E-state index in [4.69, 9.17) is 10.5 Å². The fourth-order valence-corrected chi connectivity index (χ4v) is 1.76. The number of ether oxygens (including phenoxy) is 1. The number of anilines is 1. The Kier molecular flexibility index (Phi) is 5.84. The Labute approximate surface area is 105 Å². The van der Waals surface area contributed by atoms with Gasteiger partial charge in [-0.3, -0.25) is 4.90 Å². The largest absolute Gasteiger partial charge is 0.492 e. The van der Waals surface area contributed by atoms with Crippen LogP contribution >= 0.6 is 0 Å². The number of nitrogen functional groups attached to an aromatic ring is 1. The van der Waals surface area contributed by atoms with E-state index in [9.17, 15) is 0 Å². The Bertz CT molecular complexity index is 309. The lowest BCUT2D eigenvalue weighted by Crippen LogP contribution is -2.35. The van der Waals surface area contributed by atoms with E-state index in [1.54, 1.807) is 0 Å². The molecule has 0 aliphatic carbocycles. The number of nitrogens with two attached hydrogens (primary N) is 1. The normalized spacial score (nSPS) is 11.1. The number of rotatable bonds is 7. The summed E-state index contributed by atoms with van der Waals surface area (Å²) in [5, 5.41) is 0. The van der Waals surface area contributed by atoms with Crippen molar-refractivity contribution < 1.29 is 4.74 Å². The molecular formula is C14H24N2O. The molecule has 17 heavy (non-hydrogen) atoms. The average Bonchev–Trinajstić information content (AvgIpc) is 2.30. The predicted octanol–water partition coefficient (Wildman–Crippen LogP) is 2.77. The van der Waals surface area contributed by atoms with E-state index in [1.807, 2.05) is 24.3 Å². The lowest BCUT2D eigenvalue weighted by atomic mass is 10.3. The first-order valence-electron chi connectivity index (χ1n) is 6.36. The fourth-order valence-electron chi connectivity index (χ4n) is 1.76. The van der Waals surface area contributed by atoms with Gasteiger partial charge in [0.2, 0.25) is 0 Å². The molecule has 0 aromatic heterocycles. The van der Waals surface area contributed by atoms with Crippen LogP contribution in [-0.2, 0) is 0 Å². The predicted molar refractivity (Wildman–Crippen MR) is 73.3 cm³/mol. The molecule has 0 amide bonds. The highest BCUT2D eigenvalue weighted by atomic mass is 16.5. The van der Waals surface area contributed by atoms with E-state index in [2.05, 4.69) is 25.7 Å². The van der Waals surface area contributed by atoms with Crippen molar-refractivity contribution in [1.29, 1.82) is 0 Å². The molecule has 0 bridgehead atoms. The van der Waals surface area contributed by atoms with Gasteiger partial charge in [0.1, 0.15) is 12.4 Å². The zero-order valence-corrected chi connectivity index (χ0v) is 11.1. The van der Waals surface area contributed by atoms with E-state index >= 15 is 0 Å². The van der Waals surface area contributed by atoms with Crippen LogP contribution in [0.2, 0.25) is 0 Å². The molecule has 3 nitrogen and oxygen atoms in total. The quantitative estimate of drug-likeness (QED) is 0.740. The summed E-state index contributed by atoms with van der Waals surface area (Å²) in [7, 11) is 0. The minimum Gasteiger partial charge on any atom is -0.492 e. The van der Waals surface area contributed by atoms with Gasteiger partial charge in [-0.05, 0) is 51.1 Å². The van der Waals surface area contributed by atoms with Gasteiger partial charge >= 0.3 is 0 Å². The molecular weight excluding hydrogens is 212 g/mol. The molecule has 0 fully saturated rings. The summed E-state index contributed by atoms with van der Waals surface area (Å²) in [6.07, 6.45) is 1.18. The molecule has 1 aromatic rings. The van der Waals surface area contributed by atoms with Crippen molar-refractivity contribution in [1.82, 2.24) is 4.90 Å². The zero-order chi connectivity index (χ0) is 12.7. The summed E-state index contributed by atoms with van der Waals surface area (Å²) in [5.41, 5.74) is 6.39. The molecule has 0 spiro atoms. The van der Waals surface area contributed by atoms with Gasteiger partial charge < -0.3 is 10.5 Å². The Morgan fingerprint density at radius 2 is 1.82 bits per heavy atom. The molecule has 3 heteroatoms. The van der Waals surface area contributed by atoms with E-state index in [1.165, 1.54) is 6.42 Å². The van der Waals surface area contributed by atoms with E-state index < -0.39 is 0 Å². The Morgan fingerprint density at radius 1 is 1.18 bits per heavy atom. The highest BCUT2D eigenvalue weighted by Crippen LogP contribution is 2.13. The first kappa shape index (κ1) is 13.8. The number of hydrogen-bond donors (Lipinski definition) is 1. The molecule has 0 unspecified atom stereocenters. The van der Waals surface area contributed by atoms with Crippen molar-refractivity contribution in [3.63, 3.8) is 0 Å². The molecule has 0 saturated heterocycles. The molecule has 0 radical (unpaired) electrons. The SMILES string of the molecule is CCCN(CCOc1ccc(N)cc1)C(C)C. The number of benzene rings is 1. The highest BCUT2D eigenvalue weighted by molar-refractivity contribution is 5.41. The monoisotopic (exact) mass is 236 g/mol. The molecule has 0 aliphatic heterocycles. The zero-order valence-electron chi connectivity index (χ0n) is 11.1. The van der Waals surface area contributed by atoms with Gasteiger partial charge in [-0.15, -0.1) is 0 Å². The van der Waals surface area contributed by atoms with Crippen molar-refractivity contribution in [2.24, 2.45) is 0 Å². The topological polar surface area (TPSA) is 38.5 Å². The maximum Gasteiger partial charge on any atom is 0.119 e. The molecule has 96 valence electrons. The second kappa shape index (κ2) is 7.17. The van der Waals surface area contributed by atoms with Gasteiger partial charge in [0.15, 0.2) is 0 Å². The van der Waals surface area contributed by atoms with Gasteiger partial charge in [0.25, 0.3) is 0 Å². The maximum absolute atomic E-state index is 5.69. The van der Waals surface area contributed by atoms with Crippen molar-refractivity contribution in [2.75, 3.05) is 25.4 Å². The summed E-state index contributed by atoms with van der Waals surface area (Å²) in [5.74, 6) is 0.888. The minimum absolute atomic E-state index is 0.574. The van der Waals surface area contributed by atoms with Crippen molar-refractivity contribution in [3.05, 3.63) is 24.3 Å². The molecule has 1 aromatic carbocycles. The molecule has 0 saturated carbocycles. The number of hydrogen-bond acceptors (Lipinski definition) is 3. The molecule has 2 N–H and O–H groups in total. The van der Waals surface area contributed by atoms with E-state index in [-0.39, 0.29) is 0 Å². The molecule has 1 rings (SSSR count). The van der Waals surface area contributed by atoms with Crippen molar-refractivity contribution >= 4 is 5.69 Å². The summed E-state index contributed by atoms with van der Waals surface area (Å²) < 4.78 is 5.69. The van der Waals surface area contributed by atoms with Crippen LogP contribution in [0.5, 0.6) is 5.75 Å². The Morgan fingerprint density at radius 3 is 2.35 bits per heavy atom. The lowest BCUT2D eigenvalue weighted by molar-refractivity contribution is 0.176. The van der Waals surface area contributed by atoms with Crippen LogP contribution in [0.15, 0.2) is 24.3 Å². The van der Waals surface area contributed by atoms with Gasteiger partial charge in [0.05, 0.1) is 0 Å². The molecule has 0 heterocycles. The third kappa shape index (κ3) is 5.09. The second-order valence-corrected chi connectivity index (χ2v) is 4.55. The number of nitrogens with zero attached hydrogens (tertiary/aromatic N) is 1. The Hall–Kier alpha value is -1.22. The maximum atomic E-state index is 5.69. The van der Waals surface area contributed by atoms with Crippen LogP contribution in [0, 0.1) is 0 Å². The second-order valence-electron chi connectivity index (χ2n) is 4.55. The summed E-state index contributed by atoms with van der Waals surface area (Å²) in [6.45, 7) is 9.47. The van der Waals surface area contributed by atoms with Crippen LogP contribution in [0.4, 0.5) is 5.69 Å². The van der Waals surface area contributed by atoms with Gasteiger partial charge in [0, 0.05) is 18.3 Å². The molecule has 0 atom stereocenters. The van der Waals surface area contributed by atoms with Crippen molar-refractivity contribution in [2.45, 2.75) is 33.2 Å². The third-order valence-corrected chi connectivity index (χ3v) is 2.77. The van der Waals surface area contributed by atoms with Crippen LogP contribution in [-0.4, -0.2) is 30.6 Å². The van der Waals surface area contributed by atoms with Crippen LogP contribution in [0.1, 0.15) is 27.2 Å². The van der Waals surface area contributed by atoms with Gasteiger partial charge in [-0.2, -0.15) is 0 Å². The highest BCUT2D eigenvalue weighted by Gasteiger charge is 2.07.